The number of benzene rings is 2. The highest BCUT2D eigenvalue weighted by Crippen LogP contribution is 2.28. The molecule has 2 rings (SSSR count). The molecule has 20 heavy (non-hydrogen) atoms. The minimum Gasteiger partial charge on any atom is -0.507 e. The molecule has 0 aliphatic carbocycles. The number of halogens is 2. The Morgan fingerprint density at radius 3 is 2.60 bits per heavy atom. The number of phenolic OH excluding ortho intramolecular Hbond substituents is 1. The Kier molecular flexibility index (Phi) is 4.27. The molecule has 0 fully saturated rings. The number of carbonyl (C=O) groups excluding carboxylic acids is 1. The van der Waals surface area contributed by atoms with E-state index >= 15 is 0 Å². The zero-order valence-electron chi connectivity index (χ0n) is 11.0. The Balaban J connectivity index is 2.30. The maximum Gasteiger partial charge on any atom is 0.256 e. The lowest BCUT2D eigenvalue weighted by molar-refractivity contribution is 0.102. The molecule has 0 unspecified atom stereocenters. The molecule has 0 atom stereocenters. The first kappa shape index (κ1) is 14.8. The van der Waals surface area contributed by atoms with Crippen LogP contribution in [0.4, 0.5) is 10.1 Å². The minimum atomic E-state index is -0.380. The quantitative estimate of drug-likeness (QED) is 0.768. The molecule has 0 saturated carbocycles. The van der Waals surface area contributed by atoms with E-state index in [-0.39, 0.29) is 17.5 Å². The van der Waals surface area contributed by atoms with Crippen molar-refractivity contribution in [2.45, 2.75) is 13.8 Å². The van der Waals surface area contributed by atoms with Crippen LogP contribution < -0.4 is 5.32 Å². The standard InChI is InChI=1S/C15H13FINO2/c1-8-3-6-13(9(2)14(8)19)18-15(20)11-5-4-10(16)7-12(11)17/h3-7,19H,1-2H3,(H,18,20). The Bertz CT molecular complexity index is 686. The summed E-state index contributed by atoms with van der Waals surface area (Å²) in [6.07, 6.45) is 0. The Morgan fingerprint density at radius 1 is 1.25 bits per heavy atom. The fourth-order valence-electron chi connectivity index (χ4n) is 1.83. The van der Waals surface area contributed by atoms with Crippen LogP contribution in [-0.2, 0) is 0 Å². The van der Waals surface area contributed by atoms with E-state index in [1.165, 1.54) is 18.2 Å². The molecule has 2 N–H and O–H groups in total. The molecule has 0 aliphatic heterocycles. The molecular formula is C15H13FINO2. The van der Waals surface area contributed by atoms with Crippen molar-refractivity contribution in [3.63, 3.8) is 0 Å². The van der Waals surface area contributed by atoms with Gasteiger partial charge in [-0.3, -0.25) is 4.79 Å². The van der Waals surface area contributed by atoms with E-state index in [2.05, 4.69) is 5.32 Å². The van der Waals surface area contributed by atoms with E-state index < -0.39 is 0 Å². The van der Waals surface area contributed by atoms with Crippen molar-refractivity contribution in [1.82, 2.24) is 0 Å². The summed E-state index contributed by atoms with van der Waals surface area (Å²) < 4.78 is 13.6. The first-order valence-electron chi connectivity index (χ1n) is 5.95. The predicted octanol–water partition coefficient (Wildman–Crippen LogP) is 4.01. The van der Waals surface area contributed by atoms with Gasteiger partial charge in [0, 0.05) is 14.8 Å². The number of anilines is 1. The molecule has 5 heteroatoms. The Hall–Kier alpha value is -1.63. The van der Waals surface area contributed by atoms with Crippen LogP contribution >= 0.6 is 22.6 Å². The molecule has 0 bridgehead atoms. The lowest BCUT2D eigenvalue weighted by atomic mass is 10.1. The van der Waals surface area contributed by atoms with Crippen LogP contribution in [0.15, 0.2) is 30.3 Å². The summed E-state index contributed by atoms with van der Waals surface area (Å²) in [5.74, 6) is -0.549. The Labute approximate surface area is 130 Å². The number of aromatic hydroxyl groups is 1. The molecule has 0 aromatic heterocycles. The van der Waals surface area contributed by atoms with Gasteiger partial charge in [-0.1, -0.05) is 6.07 Å². The first-order chi connectivity index (χ1) is 9.40. The van der Waals surface area contributed by atoms with Crippen LogP contribution in [0.5, 0.6) is 5.75 Å². The van der Waals surface area contributed by atoms with Crippen LogP contribution in [0.25, 0.3) is 0 Å². The van der Waals surface area contributed by atoms with Gasteiger partial charge in [-0.15, -0.1) is 0 Å². The van der Waals surface area contributed by atoms with Crippen LogP contribution in [0.3, 0.4) is 0 Å². The number of aryl methyl sites for hydroxylation is 1. The second kappa shape index (κ2) is 5.78. The molecular weight excluding hydrogens is 372 g/mol. The molecule has 2 aromatic carbocycles. The van der Waals surface area contributed by atoms with Crippen LogP contribution in [0.2, 0.25) is 0 Å². The van der Waals surface area contributed by atoms with E-state index in [0.717, 1.165) is 5.56 Å². The summed E-state index contributed by atoms with van der Waals surface area (Å²) in [5, 5.41) is 12.6. The summed E-state index contributed by atoms with van der Waals surface area (Å²) in [5.41, 5.74) is 2.29. The first-order valence-corrected chi connectivity index (χ1v) is 7.03. The lowest BCUT2D eigenvalue weighted by Gasteiger charge is -2.12. The monoisotopic (exact) mass is 385 g/mol. The third-order valence-corrected chi connectivity index (χ3v) is 3.95. The molecule has 3 nitrogen and oxygen atoms in total. The van der Waals surface area contributed by atoms with Crippen molar-refractivity contribution in [2.24, 2.45) is 0 Å². The third-order valence-electron chi connectivity index (χ3n) is 3.06. The molecule has 0 heterocycles. The summed E-state index contributed by atoms with van der Waals surface area (Å²) in [4.78, 5) is 12.2. The van der Waals surface area contributed by atoms with Crippen molar-refractivity contribution in [3.8, 4) is 5.75 Å². The minimum absolute atomic E-state index is 0.164. The van der Waals surface area contributed by atoms with Crippen molar-refractivity contribution in [3.05, 3.63) is 56.4 Å². The molecule has 0 aliphatic rings. The van der Waals surface area contributed by atoms with E-state index in [1.807, 2.05) is 22.6 Å². The van der Waals surface area contributed by atoms with Gasteiger partial charge >= 0.3 is 0 Å². The number of carbonyl (C=O) groups is 1. The maximum absolute atomic E-state index is 13.0. The molecule has 2 aromatic rings. The van der Waals surface area contributed by atoms with Crippen LogP contribution in [0, 0.1) is 23.2 Å². The fraction of sp³-hybridized carbons (Fsp3) is 0.133. The maximum atomic E-state index is 13.0. The number of phenols is 1. The van der Waals surface area contributed by atoms with Gasteiger partial charge in [0.2, 0.25) is 0 Å². The van der Waals surface area contributed by atoms with Gasteiger partial charge in [-0.2, -0.15) is 0 Å². The Morgan fingerprint density at radius 2 is 1.95 bits per heavy atom. The smallest absolute Gasteiger partial charge is 0.256 e. The number of nitrogens with one attached hydrogen (secondary N) is 1. The van der Waals surface area contributed by atoms with Crippen LogP contribution in [0.1, 0.15) is 21.5 Å². The normalized spacial score (nSPS) is 10.4. The second-order valence-corrected chi connectivity index (χ2v) is 5.64. The molecule has 0 radical (unpaired) electrons. The number of rotatable bonds is 2. The van der Waals surface area contributed by atoms with Crippen LogP contribution in [-0.4, -0.2) is 11.0 Å². The topological polar surface area (TPSA) is 49.3 Å². The third kappa shape index (κ3) is 2.92. The second-order valence-electron chi connectivity index (χ2n) is 4.48. The molecule has 1 amide bonds. The van der Waals surface area contributed by atoms with Crippen molar-refractivity contribution >= 4 is 34.2 Å². The zero-order valence-corrected chi connectivity index (χ0v) is 13.2. The van der Waals surface area contributed by atoms with Gasteiger partial charge in [0.05, 0.1) is 5.56 Å². The van der Waals surface area contributed by atoms with E-state index in [9.17, 15) is 14.3 Å². The van der Waals surface area contributed by atoms with Gasteiger partial charge in [-0.05, 0) is 66.3 Å². The zero-order chi connectivity index (χ0) is 14.9. The van der Waals surface area contributed by atoms with Crippen molar-refractivity contribution in [2.75, 3.05) is 5.32 Å². The molecule has 0 saturated heterocycles. The molecule has 0 spiro atoms. The van der Waals surface area contributed by atoms with E-state index in [0.29, 0.717) is 20.4 Å². The number of hydrogen-bond donors (Lipinski definition) is 2. The SMILES string of the molecule is Cc1ccc(NC(=O)c2ccc(F)cc2I)c(C)c1O. The summed E-state index contributed by atoms with van der Waals surface area (Å²) in [6.45, 7) is 3.52. The highest BCUT2D eigenvalue weighted by molar-refractivity contribution is 14.1. The van der Waals surface area contributed by atoms with Crippen molar-refractivity contribution < 1.29 is 14.3 Å². The van der Waals surface area contributed by atoms with E-state index in [4.69, 9.17) is 0 Å². The highest BCUT2D eigenvalue weighted by atomic mass is 127. The van der Waals surface area contributed by atoms with Gasteiger partial charge < -0.3 is 10.4 Å². The number of hydrogen-bond acceptors (Lipinski definition) is 2. The largest absolute Gasteiger partial charge is 0.507 e. The van der Waals surface area contributed by atoms with Gasteiger partial charge in [0.15, 0.2) is 0 Å². The lowest BCUT2D eigenvalue weighted by Crippen LogP contribution is -2.14. The molecule has 104 valence electrons. The highest BCUT2D eigenvalue weighted by Gasteiger charge is 2.13. The van der Waals surface area contributed by atoms with Gasteiger partial charge in [0.25, 0.3) is 5.91 Å². The average molecular weight is 385 g/mol. The fourth-order valence-corrected chi connectivity index (χ4v) is 2.56. The average Bonchev–Trinajstić information content (AvgIpc) is 2.39. The number of amides is 1. The summed E-state index contributed by atoms with van der Waals surface area (Å²) in [7, 11) is 0. The summed E-state index contributed by atoms with van der Waals surface area (Å²) in [6, 6.07) is 7.45. The van der Waals surface area contributed by atoms with Gasteiger partial charge in [0.1, 0.15) is 11.6 Å². The van der Waals surface area contributed by atoms with Crippen molar-refractivity contribution in [1.29, 1.82) is 0 Å². The van der Waals surface area contributed by atoms with E-state index in [1.54, 1.807) is 26.0 Å². The summed E-state index contributed by atoms with van der Waals surface area (Å²) >= 11 is 1.91. The predicted molar refractivity (Wildman–Crippen MR) is 84.7 cm³/mol. The van der Waals surface area contributed by atoms with Gasteiger partial charge in [-0.25, -0.2) is 4.39 Å².